The quantitative estimate of drug-likeness (QED) is 0.455. The summed E-state index contributed by atoms with van der Waals surface area (Å²) in [5.41, 5.74) is 5.43. The van der Waals surface area contributed by atoms with Crippen molar-refractivity contribution in [3.63, 3.8) is 0 Å². The van der Waals surface area contributed by atoms with Gasteiger partial charge in [0.2, 0.25) is 0 Å². The fraction of sp³-hybridized carbons (Fsp3) is 0.200. The molecular formula is C20H14W. The summed E-state index contributed by atoms with van der Waals surface area (Å²) in [6.07, 6.45) is 9.62. The van der Waals surface area contributed by atoms with Crippen LogP contribution in [-0.4, -0.2) is 0 Å². The van der Waals surface area contributed by atoms with Gasteiger partial charge in [-0.2, -0.15) is 42.0 Å². The van der Waals surface area contributed by atoms with E-state index in [1.807, 2.05) is 12.1 Å². The van der Waals surface area contributed by atoms with Gasteiger partial charge in [0.1, 0.15) is 0 Å². The summed E-state index contributed by atoms with van der Waals surface area (Å²) in [6.45, 7) is 0. The number of benzene rings is 2. The molecule has 4 aliphatic rings. The van der Waals surface area contributed by atoms with Crippen molar-refractivity contribution in [2.24, 2.45) is 11.8 Å². The van der Waals surface area contributed by atoms with E-state index >= 15 is 0 Å². The normalized spacial score (nSPS) is 30.1. The summed E-state index contributed by atoms with van der Waals surface area (Å²) in [4.78, 5) is 0. The first kappa shape index (κ1) is 13.3. The SMILES string of the molecule is [W+2].[c-]1ccccc1-c1[c-]ccc2c1C1C3C=CC2C=CC31. The zero-order valence-corrected chi connectivity index (χ0v) is 14.4. The van der Waals surface area contributed by atoms with Crippen LogP contribution in [0.1, 0.15) is 23.0 Å². The Morgan fingerprint density at radius 3 is 2.33 bits per heavy atom. The van der Waals surface area contributed by atoms with Gasteiger partial charge in [-0.15, -0.1) is 17.7 Å². The van der Waals surface area contributed by atoms with E-state index in [0.29, 0.717) is 23.7 Å². The van der Waals surface area contributed by atoms with Crippen LogP contribution in [0, 0.1) is 24.0 Å². The summed E-state index contributed by atoms with van der Waals surface area (Å²) in [5.74, 6) is 2.51. The predicted octanol–water partition coefficient (Wildman–Crippen LogP) is 4.50. The van der Waals surface area contributed by atoms with Gasteiger partial charge in [0.15, 0.2) is 0 Å². The predicted molar refractivity (Wildman–Crippen MR) is 80.3 cm³/mol. The van der Waals surface area contributed by atoms with E-state index in [1.165, 1.54) is 22.3 Å². The minimum Gasteiger partial charge on any atom is -0.226 e. The molecule has 100 valence electrons. The Balaban J connectivity index is 0.00000115. The van der Waals surface area contributed by atoms with Gasteiger partial charge in [-0.1, -0.05) is 24.3 Å². The molecule has 0 N–H and O–H groups in total. The molecule has 0 aromatic heterocycles. The Kier molecular flexibility index (Phi) is 3.05. The Hall–Kier alpha value is -1.39. The number of rotatable bonds is 1. The Morgan fingerprint density at radius 1 is 0.810 bits per heavy atom. The average Bonchev–Trinajstić information content (AvgIpc) is 3.25. The first-order chi connectivity index (χ1) is 9.93. The van der Waals surface area contributed by atoms with Crippen LogP contribution < -0.4 is 0 Å². The maximum Gasteiger partial charge on any atom is 2.00 e. The summed E-state index contributed by atoms with van der Waals surface area (Å²) >= 11 is 0. The maximum atomic E-state index is 3.48. The van der Waals surface area contributed by atoms with Gasteiger partial charge in [0.25, 0.3) is 0 Å². The summed E-state index contributed by atoms with van der Waals surface area (Å²) in [6, 6.07) is 19.4. The standard InChI is InChI=1S/C20H14.W/c1-2-5-13(6-3-1)15-7-4-8-16-14-9-11-17-18(12-10-14)20(17)19(15)16;/h1-5,8-12,14,17-18,20H;/q-2;+2. The zero-order chi connectivity index (χ0) is 13.1. The van der Waals surface area contributed by atoms with Crippen LogP contribution in [-0.2, 0) is 21.1 Å². The largest absolute Gasteiger partial charge is 2.00 e. The molecule has 2 aromatic carbocycles. The molecular weight excluding hydrogens is 424 g/mol. The second-order valence-corrected chi connectivity index (χ2v) is 5.97. The van der Waals surface area contributed by atoms with Crippen LogP contribution in [0.25, 0.3) is 11.1 Å². The van der Waals surface area contributed by atoms with Crippen LogP contribution in [0.5, 0.6) is 0 Å². The third-order valence-corrected chi connectivity index (χ3v) is 4.96. The third kappa shape index (κ3) is 1.85. The molecule has 2 atom stereocenters. The van der Waals surface area contributed by atoms with Crippen LogP contribution in [0.15, 0.2) is 60.7 Å². The van der Waals surface area contributed by atoms with E-state index in [0.717, 1.165) is 0 Å². The molecule has 6 rings (SSSR count). The molecule has 4 aliphatic carbocycles. The maximum absolute atomic E-state index is 3.48. The molecule has 2 aromatic rings. The van der Waals surface area contributed by atoms with Gasteiger partial charge in [-0.3, -0.25) is 0 Å². The molecule has 1 saturated carbocycles. The molecule has 0 spiro atoms. The van der Waals surface area contributed by atoms with Gasteiger partial charge in [-0.05, 0) is 17.8 Å². The molecule has 0 amide bonds. The Bertz CT molecular complexity index is 722. The molecule has 21 heavy (non-hydrogen) atoms. The van der Waals surface area contributed by atoms with E-state index in [4.69, 9.17) is 0 Å². The molecule has 4 bridgehead atoms. The van der Waals surface area contributed by atoms with Crippen molar-refractivity contribution in [3.05, 3.63) is 84.0 Å². The molecule has 0 radical (unpaired) electrons. The van der Waals surface area contributed by atoms with Crippen LogP contribution >= 0.6 is 0 Å². The van der Waals surface area contributed by atoms with Gasteiger partial charge in [0.05, 0.1) is 0 Å². The fourth-order valence-corrected chi connectivity index (χ4v) is 3.96. The number of hydrogen-bond donors (Lipinski definition) is 0. The summed E-state index contributed by atoms with van der Waals surface area (Å²) in [5, 5.41) is 0. The molecule has 0 nitrogen and oxygen atoms in total. The van der Waals surface area contributed by atoms with Crippen LogP contribution in [0.2, 0.25) is 0 Å². The molecule has 0 saturated heterocycles. The minimum absolute atomic E-state index is 0. The van der Waals surface area contributed by atoms with Crippen molar-refractivity contribution in [1.29, 1.82) is 0 Å². The van der Waals surface area contributed by atoms with Gasteiger partial charge in [-0.25, -0.2) is 11.1 Å². The topological polar surface area (TPSA) is 0 Å². The number of hydrogen-bond acceptors (Lipinski definition) is 0. The first-order valence-corrected chi connectivity index (χ1v) is 7.32. The fourth-order valence-electron chi connectivity index (χ4n) is 3.96. The van der Waals surface area contributed by atoms with Crippen LogP contribution in [0.3, 0.4) is 0 Å². The van der Waals surface area contributed by atoms with Crippen molar-refractivity contribution in [2.45, 2.75) is 11.8 Å². The molecule has 2 unspecified atom stereocenters. The minimum atomic E-state index is 0. The molecule has 1 fully saturated rings. The van der Waals surface area contributed by atoms with E-state index < -0.39 is 0 Å². The van der Waals surface area contributed by atoms with E-state index in [-0.39, 0.29) is 21.1 Å². The zero-order valence-electron chi connectivity index (χ0n) is 11.5. The van der Waals surface area contributed by atoms with Gasteiger partial charge in [0, 0.05) is 5.92 Å². The summed E-state index contributed by atoms with van der Waals surface area (Å²) < 4.78 is 0. The Morgan fingerprint density at radius 2 is 1.62 bits per heavy atom. The summed E-state index contributed by atoms with van der Waals surface area (Å²) in [7, 11) is 0. The second kappa shape index (κ2) is 4.82. The average molecular weight is 438 g/mol. The second-order valence-electron chi connectivity index (χ2n) is 5.97. The Labute approximate surface area is 139 Å². The van der Waals surface area contributed by atoms with Crippen molar-refractivity contribution < 1.29 is 21.1 Å². The monoisotopic (exact) mass is 438 g/mol. The van der Waals surface area contributed by atoms with E-state index in [2.05, 4.69) is 60.7 Å². The van der Waals surface area contributed by atoms with Crippen molar-refractivity contribution in [2.75, 3.05) is 0 Å². The molecule has 1 heteroatoms. The van der Waals surface area contributed by atoms with Gasteiger partial charge >= 0.3 is 21.1 Å². The number of allylic oxidation sites excluding steroid dienone is 4. The van der Waals surface area contributed by atoms with Crippen molar-refractivity contribution in [1.82, 2.24) is 0 Å². The smallest absolute Gasteiger partial charge is 0.226 e. The van der Waals surface area contributed by atoms with E-state index in [1.54, 1.807) is 0 Å². The third-order valence-electron chi connectivity index (χ3n) is 4.96. The molecule has 0 heterocycles. The first-order valence-electron chi connectivity index (χ1n) is 7.32. The van der Waals surface area contributed by atoms with Crippen molar-refractivity contribution in [3.8, 4) is 11.1 Å². The van der Waals surface area contributed by atoms with Gasteiger partial charge < -0.3 is 0 Å². The molecule has 0 aliphatic heterocycles. The van der Waals surface area contributed by atoms with E-state index in [9.17, 15) is 0 Å². The van der Waals surface area contributed by atoms with Crippen molar-refractivity contribution >= 4 is 0 Å². The van der Waals surface area contributed by atoms with Crippen LogP contribution in [0.4, 0.5) is 0 Å².